The molecule has 2 aromatic rings. The van der Waals surface area contributed by atoms with Gasteiger partial charge in [0.05, 0.1) is 18.8 Å². The van der Waals surface area contributed by atoms with E-state index < -0.39 is 23.8 Å². The lowest BCUT2D eigenvalue weighted by molar-refractivity contribution is -0.130. The quantitative estimate of drug-likeness (QED) is 0.0478. The summed E-state index contributed by atoms with van der Waals surface area (Å²) in [4.78, 5) is 89.5. The van der Waals surface area contributed by atoms with Crippen LogP contribution in [0.15, 0.2) is 9.59 Å². The highest BCUT2D eigenvalue weighted by atomic mass is 32.2. The van der Waals surface area contributed by atoms with Crippen molar-refractivity contribution >= 4 is 52.3 Å². The van der Waals surface area contributed by atoms with Crippen molar-refractivity contribution in [1.29, 1.82) is 0 Å². The number of amides is 4. The van der Waals surface area contributed by atoms with Gasteiger partial charge in [0.2, 0.25) is 23.6 Å². The third-order valence-electron chi connectivity index (χ3n) is 12.0. The molecule has 13 nitrogen and oxygen atoms in total. The zero-order valence-electron chi connectivity index (χ0n) is 40.3. The summed E-state index contributed by atoms with van der Waals surface area (Å²) < 4.78 is 2.84. The maximum Gasteiger partial charge on any atom is 0.277 e. The molecule has 0 aliphatic heterocycles. The standard InChI is InChI=1S/C49H84N6O7S2/c1-6-8-10-12-14-16-18-19-21-23-25-27-29-31-46(59)64-36-41(53-45(58)35-51-43(56)30-28-26-24-22-20-17-15-13-11-9-7-2)47(60)52-34-44(57)50-32-33-63-37-42-39(4)49(62)55-48(61)38(3)40(5)54(42)55/h41H,6-37H2,1-5H3,(H,50,57)(H,51,56)(H,52,60)(H,53,58)/t41-/m0/s1. The van der Waals surface area contributed by atoms with Crippen LogP contribution in [0.1, 0.15) is 203 Å². The molecule has 0 radical (unpaired) electrons. The minimum absolute atomic E-state index is 0.00575. The topological polar surface area (TPSA) is 176 Å². The van der Waals surface area contributed by atoms with E-state index in [1.54, 1.807) is 18.4 Å². The van der Waals surface area contributed by atoms with Crippen LogP contribution in [0.25, 0.3) is 0 Å². The third-order valence-corrected chi connectivity index (χ3v) is 14.0. The molecule has 0 saturated heterocycles. The van der Waals surface area contributed by atoms with Gasteiger partial charge in [0, 0.05) is 53.5 Å². The fourth-order valence-corrected chi connectivity index (χ4v) is 9.59. The first kappa shape index (κ1) is 56.8. The maximum atomic E-state index is 13.3. The summed E-state index contributed by atoms with van der Waals surface area (Å²) in [6, 6.07) is -1.08. The molecule has 4 N–H and O–H groups in total. The van der Waals surface area contributed by atoms with Gasteiger partial charge in [-0.2, -0.15) is 16.3 Å². The van der Waals surface area contributed by atoms with E-state index in [9.17, 15) is 33.6 Å². The number of rotatable bonds is 39. The molecule has 15 heteroatoms. The summed E-state index contributed by atoms with van der Waals surface area (Å²) >= 11 is 2.50. The zero-order chi connectivity index (χ0) is 47.0. The molecule has 0 aromatic carbocycles. The van der Waals surface area contributed by atoms with Crippen LogP contribution < -0.4 is 32.4 Å². The summed E-state index contributed by atoms with van der Waals surface area (Å²) in [5.41, 5.74) is 1.88. The maximum absolute atomic E-state index is 13.3. The van der Waals surface area contributed by atoms with Crippen LogP contribution >= 0.6 is 23.5 Å². The molecule has 2 heterocycles. The van der Waals surface area contributed by atoms with Gasteiger partial charge >= 0.3 is 0 Å². The van der Waals surface area contributed by atoms with E-state index in [1.165, 1.54) is 132 Å². The van der Waals surface area contributed by atoms with Crippen LogP contribution in [0.5, 0.6) is 0 Å². The van der Waals surface area contributed by atoms with Gasteiger partial charge in [0.1, 0.15) is 6.04 Å². The first-order chi connectivity index (χ1) is 30.9. The number of thioether (sulfide) groups is 2. The number of nitrogens with one attached hydrogen (secondary N) is 4. The Kier molecular flexibility index (Phi) is 31.0. The first-order valence-electron chi connectivity index (χ1n) is 24.8. The molecular weight excluding hydrogens is 849 g/mol. The molecule has 1 atom stereocenters. The van der Waals surface area contributed by atoms with Gasteiger partial charge in [-0.3, -0.25) is 38.1 Å². The Morgan fingerprint density at radius 1 is 0.531 bits per heavy atom. The van der Waals surface area contributed by atoms with Gasteiger partial charge in [-0.05, 0) is 33.6 Å². The van der Waals surface area contributed by atoms with Crippen LogP contribution in [0, 0.1) is 20.8 Å². The SMILES string of the molecule is CCCCCCCCCCCCCCCC(=O)SC[C@H](NC(=O)CNC(=O)CCCCCCCCCCCCC)C(=O)NCC(=O)NCCSCc1c(C)c(=O)n2c(=O)c(C)c(C)n12. The molecule has 0 spiro atoms. The number of fused-ring (bicyclic) bond motifs is 1. The van der Waals surface area contributed by atoms with Crippen molar-refractivity contribution < 1.29 is 24.0 Å². The lowest BCUT2D eigenvalue weighted by atomic mass is 10.0. The molecule has 0 fully saturated rings. The molecule has 0 aliphatic rings. The monoisotopic (exact) mass is 933 g/mol. The van der Waals surface area contributed by atoms with E-state index in [0.717, 1.165) is 61.7 Å². The van der Waals surface area contributed by atoms with Gasteiger partial charge in [-0.25, -0.2) is 0 Å². The van der Waals surface area contributed by atoms with Crippen molar-refractivity contribution in [2.75, 3.05) is 31.1 Å². The second kappa shape index (κ2) is 34.9. The second-order valence-corrected chi connectivity index (χ2v) is 19.7. The average Bonchev–Trinajstić information content (AvgIpc) is 3.66. The molecule has 0 saturated carbocycles. The minimum atomic E-state index is -1.08. The van der Waals surface area contributed by atoms with E-state index in [-0.39, 0.29) is 41.0 Å². The van der Waals surface area contributed by atoms with Crippen molar-refractivity contribution in [3.05, 3.63) is 43.2 Å². The minimum Gasteiger partial charge on any atom is -0.354 e. The van der Waals surface area contributed by atoms with Crippen molar-refractivity contribution in [1.82, 2.24) is 30.3 Å². The lowest BCUT2D eigenvalue weighted by Gasteiger charge is -2.18. The summed E-state index contributed by atoms with van der Waals surface area (Å²) in [5, 5.41) is 10.6. The van der Waals surface area contributed by atoms with E-state index in [2.05, 4.69) is 35.1 Å². The van der Waals surface area contributed by atoms with Gasteiger partial charge in [0.15, 0.2) is 5.12 Å². The number of hydrogen-bond donors (Lipinski definition) is 4. The fourth-order valence-electron chi connectivity index (χ4n) is 7.80. The number of aryl methyl sites for hydroxylation is 1. The molecule has 64 heavy (non-hydrogen) atoms. The fraction of sp³-hybridized carbons (Fsp3) is 0.776. The summed E-state index contributed by atoms with van der Waals surface area (Å²) in [5.74, 6) is -0.782. The highest BCUT2D eigenvalue weighted by Crippen LogP contribution is 2.18. The van der Waals surface area contributed by atoms with Crippen molar-refractivity contribution in [3.8, 4) is 0 Å². The number of carbonyl (C=O) groups excluding carboxylic acids is 5. The highest BCUT2D eigenvalue weighted by molar-refractivity contribution is 8.13. The molecule has 2 aromatic heterocycles. The average molecular weight is 933 g/mol. The third kappa shape index (κ3) is 23.2. The van der Waals surface area contributed by atoms with Crippen LogP contribution in [-0.2, 0) is 29.7 Å². The van der Waals surface area contributed by atoms with Crippen molar-refractivity contribution in [2.45, 2.75) is 213 Å². The Balaban J connectivity index is 1.76. The van der Waals surface area contributed by atoms with Gasteiger partial charge in [-0.15, -0.1) is 0 Å². The molecule has 4 amide bonds. The predicted molar refractivity (Wildman–Crippen MR) is 265 cm³/mol. The van der Waals surface area contributed by atoms with Gasteiger partial charge in [0.25, 0.3) is 11.1 Å². The number of aromatic nitrogens is 2. The van der Waals surface area contributed by atoms with E-state index in [1.807, 2.05) is 6.92 Å². The van der Waals surface area contributed by atoms with Gasteiger partial charge in [-0.1, -0.05) is 167 Å². The normalized spacial score (nSPS) is 11.8. The number of carbonyl (C=O) groups is 5. The Morgan fingerprint density at radius 3 is 1.53 bits per heavy atom. The van der Waals surface area contributed by atoms with Gasteiger partial charge < -0.3 is 21.3 Å². The number of nitrogens with zero attached hydrogens (tertiary/aromatic N) is 2. The highest BCUT2D eigenvalue weighted by Gasteiger charge is 2.24. The Labute approximate surface area is 392 Å². The molecular formula is C49H84N6O7S2. The first-order valence-corrected chi connectivity index (χ1v) is 27.0. The van der Waals surface area contributed by atoms with Crippen molar-refractivity contribution in [2.24, 2.45) is 0 Å². The summed E-state index contributed by atoms with van der Waals surface area (Å²) in [7, 11) is 0. The van der Waals surface area contributed by atoms with E-state index in [0.29, 0.717) is 42.0 Å². The molecule has 2 rings (SSSR count). The van der Waals surface area contributed by atoms with Crippen LogP contribution in [-0.4, -0.2) is 75.0 Å². The van der Waals surface area contributed by atoms with E-state index in [4.69, 9.17) is 0 Å². The summed E-state index contributed by atoms with van der Waals surface area (Å²) in [6.07, 6.45) is 29.5. The Hall–Kier alpha value is -3.33. The lowest BCUT2D eigenvalue weighted by Crippen LogP contribution is -2.52. The number of hydrogen-bond acceptors (Lipinski definition) is 9. The molecule has 0 bridgehead atoms. The largest absolute Gasteiger partial charge is 0.354 e. The molecule has 0 aliphatic carbocycles. The van der Waals surface area contributed by atoms with E-state index >= 15 is 0 Å². The smallest absolute Gasteiger partial charge is 0.277 e. The van der Waals surface area contributed by atoms with Crippen LogP contribution in [0.3, 0.4) is 0 Å². The predicted octanol–water partition coefficient (Wildman–Crippen LogP) is 8.63. The Bertz CT molecular complexity index is 1780. The summed E-state index contributed by atoms with van der Waals surface area (Å²) in [6.45, 7) is 9.38. The zero-order valence-corrected chi connectivity index (χ0v) is 41.9. The van der Waals surface area contributed by atoms with Crippen LogP contribution in [0.2, 0.25) is 0 Å². The molecule has 0 unspecified atom stereocenters. The number of unbranched alkanes of at least 4 members (excludes halogenated alkanes) is 22. The van der Waals surface area contributed by atoms with Crippen molar-refractivity contribution in [3.63, 3.8) is 0 Å². The second-order valence-electron chi connectivity index (χ2n) is 17.5. The van der Waals surface area contributed by atoms with Crippen LogP contribution in [0.4, 0.5) is 0 Å². The Morgan fingerprint density at radius 2 is 1.00 bits per heavy atom. The molecule has 364 valence electrons.